The summed E-state index contributed by atoms with van der Waals surface area (Å²) < 4.78 is 15.7. The molecule has 2 saturated heterocycles. The van der Waals surface area contributed by atoms with Gasteiger partial charge in [0.05, 0.1) is 39.1 Å². The summed E-state index contributed by atoms with van der Waals surface area (Å²) in [4.78, 5) is 16.0. The van der Waals surface area contributed by atoms with Gasteiger partial charge in [0.25, 0.3) is 5.91 Å². The Morgan fingerprint density at radius 2 is 2.05 bits per heavy atom. The second kappa shape index (κ2) is 6.42. The number of amides is 1. The van der Waals surface area contributed by atoms with Gasteiger partial charge in [-0.25, -0.2) is 0 Å². The predicted octanol–water partition coefficient (Wildman–Crippen LogP) is -0.655. The van der Waals surface area contributed by atoms with Crippen molar-refractivity contribution in [2.75, 3.05) is 57.6 Å². The van der Waals surface area contributed by atoms with Crippen LogP contribution in [0.15, 0.2) is 10.6 Å². The molecule has 0 aromatic carbocycles. The summed E-state index contributed by atoms with van der Waals surface area (Å²) in [5.74, 6) is 0.580. The normalized spacial score (nSPS) is 23.4. The third-order valence-electron chi connectivity index (χ3n) is 3.74. The molecule has 1 aromatic heterocycles. The number of anilines is 1. The molecule has 1 aromatic rings. The summed E-state index contributed by atoms with van der Waals surface area (Å²) in [6.07, 6.45) is 0. The lowest BCUT2D eigenvalue weighted by Gasteiger charge is -2.33. The summed E-state index contributed by atoms with van der Waals surface area (Å²) in [7, 11) is 0. The first-order chi connectivity index (χ1) is 10.3. The number of nitrogens with zero attached hydrogens (tertiary/aromatic N) is 3. The fraction of sp³-hybridized carbons (Fsp3) is 0.692. The number of hydrogen-bond donors (Lipinski definition) is 1. The maximum absolute atomic E-state index is 12.4. The Bertz CT molecular complexity index is 486. The highest BCUT2D eigenvalue weighted by molar-refractivity contribution is 5.92. The van der Waals surface area contributed by atoms with E-state index in [1.54, 1.807) is 11.0 Å². The van der Waals surface area contributed by atoms with Crippen molar-refractivity contribution in [3.05, 3.63) is 11.8 Å². The lowest BCUT2D eigenvalue weighted by Crippen LogP contribution is -2.50. The maximum atomic E-state index is 12.4. The molecule has 3 heterocycles. The van der Waals surface area contributed by atoms with Gasteiger partial charge >= 0.3 is 0 Å². The SMILES string of the molecule is O=C(c1cc(N2CCOCC2)no1)N1CCOCC1CO. The predicted molar refractivity (Wildman–Crippen MR) is 72.3 cm³/mol. The number of hydrogen-bond acceptors (Lipinski definition) is 7. The van der Waals surface area contributed by atoms with Crippen LogP contribution in [0.25, 0.3) is 0 Å². The van der Waals surface area contributed by atoms with Crippen LogP contribution >= 0.6 is 0 Å². The van der Waals surface area contributed by atoms with Gasteiger partial charge in [0.15, 0.2) is 5.82 Å². The zero-order chi connectivity index (χ0) is 14.7. The van der Waals surface area contributed by atoms with Gasteiger partial charge in [0, 0.05) is 25.7 Å². The fourth-order valence-electron chi connectivity index (χ4n) is 2.52. The van der Waals surface area contributed by atoms with Crippen LogP contribution in [-0.2, 0) is 9.47 Å². The number of rotatable bonds is 3. The molecule has 0 spiro atoms. The Hall–Kier alpha value is -1.64. The van der Waals surface area contributed by atoms with Crippen molar-refractivity contribution in [3.63, 3.8) is 0 Å². The Morgan fingerprint density at radius 3 is 2.81 bits per heavy atom. The highest BCUT2D eigenvalue weighted by Crippen LogP contribution is 2.19. The minimum absolute atomic E-state index is 0.129. The minimum atomic E-state index is -0.330. The van der Waals surface area contributed by atoms with Gasteiger partial charge in [-0.2, -0.15) is 0 Å². The second-order valence-electron chi connectivity index (χ2n) is 5.06. The molecule has 21 heavy (non-hydrogen) atoms. The van der Waals surface area contributed by atoms with E-state index in [9.17, 15) is 9.90 Å². The van der Waals surface area contributed by atoms with Gasteiger partial charge < -0.3 is 28.9 Å². The number of carbonyl (C=O) groups is 1. The summed E-state index contributed by atoms with van der Waals surface area (Å²) in [5.41, 5.74) is 0. The van der Waals surface area contributed by atoms with Crippen LogP contribution in [0.4, 0.5) is 5.82 Å². The van der Waals surface area contributed by atoms with Crippen molar-refractivity contribution >= 4 is 11.7 Å². The van der Waals surface area contributed by atoms with Crippen LogP contribution < -0.4 is 4.90 Å². The molecular weight excluding hydrogens is 278 g/mol. The van der Waals surface area contributed by atoms with E-state index in [0.29, 0.717) is 38.8 Å². The molecule has 3 rings (SSSR count). The highest BCUT2D eigenvalue weighted by Gasteiger charge is 2.30. The molecular formula is C13H19N3O5. The Balaban J connectivity index is 1.71. The first-order valence-electron chi connectivity index (χ1n) is 7.08. The van der Waals surface area contributed by atoms with E-state index in [0.717, 1.165) is 13.1 Å². The Morgan fingerprint density at radius 1 is 1.29 bits per heavy atom. The van der Waals surface area contributed by atoms with Crippen LogP contribution in [0, 0.1) is 0 Å². The number of morpholine rings is 2. The van der Waals surface area contributed by atoms with E-state index in [1.807, 2.05) is 4.90 Å². The quantitative estimate of drug-likeness (QED) is 0.792. The summed E-state index contributed by atoms with van der Waals surface area (Å²) in [6, 6.07) is 1.32. The third kappa shape index (κ3) is 3.02. The molecule has 1 unspecified atom stereocenters. The molecule has 0 aliphatic carbocycles. The number of carbonyl (C=O) groups excluding carboxylic acids is 1. The molecule has 1 atom stereocenters. The van der Waals surface area contributed by atoms with E-state index >= 15 is 0 Å². The molecule has 116 valence electrons. The van der Waals surface area contributed by atoms with Gasteiger partial charge in [0.1, 0.15) is 0 Å². The molecule has 8 nitrogen and oxygen atoms in total. The van der Waals surface area contributed by atoms with Gasteiger partial charge in [-0.1, -0.05) is 5.16 Å². The molecule has 2 fully saturated rings. The van der Waals surface area contributed by atoms with E-state index in [4.69, 9.17) is 14.0 Å². The van der Waals surface area contributed by atoms with E-state index in [-0.39, 0.29) is 24.3 Å². The maximum Gasteiger partial charge on any atom is 0.293 e. The van der Waals surface area contributed by atoms with Crippen molar-refractivity contribution in [3.8, 4) is 0 Å². The van der Waals surface area contributed by atoms with Crippen molar-refractivity contribution in [1.29, 1.82) is 0 Å². The highest BCUT2D eigenvalue weighted by atomic mass is 16.5. The molecule has 0 bridgehead atoms. The smallest absolute Gasteiger partial charge is 0.293 e. The molecule has 0 saturated carbocycles. The standard InChI is InChI=1S/C13H19N3O5/c17-8-10-9-20-6-3-16(10)13(18)11-7-12(14-21-11)15-1-4-19-5-2-15/h7,10,17H,1-6,8-9H2. The number of ether oxygens (including phenoxy) is 2. The second-order valence-corrected chi connectivity index (χ2v) is 5.06. The molecule has 0 radical (unpaired) electrons. The Kier molecular flexibility index (Phi) is 4.37. The number of aromatic nitrogens is 1. The van der Waals surface area contributed by atoms with Crippen LogP contribution in [-0.4, -0.2) is 79.8 Å². The number of aliphatic hydroxyl groups is 1. The van der Waals surface area contributed by atoms with Crippen LogP contribution in [0.5, 0.6) is 0 Å². The topological polar surface area (TPSA) is 88.3 Å². The zero-order valence-electron chi connectivity index (χ0n) is 11.7. The summed E-state index contributed by atoms with van der Waals surface area (Å²) >= 11 is 0. The summed E-state index contributed by atoms with van der Waals surface area (Å²) in [6.45, 7) is 3.87. The fourth-order valence-corrected chi connectivity index (χ4v) is 2.52. The average Bonchev–Trinajstić information content (AvgIpc) is 3.05. The molecule has 1 amide bonds. The van der Waals surface area contributed by atoms with Crippen LogP contribution in [0.3, 0.4) is 0 Å². The molecule has 8 heteroatoms. The van der Waals surface area contributed by atoms with Crippen molar-refractivity contribution in [1.82, 2.24) is 10.1 Å². The summed E-state index contributed by atoms with van der Waals surface area (Å²) in [5, 5.41) is 13.3. The average molecular weight is 297 g/mol. The first kappa shape index (κ1) is 14.3. The molecule has 1 N–H and O–H groups in total. The van der Waals surface area contributed by atoms with Crippen molar-refractivity contribution < 1.29 is 23.9 Å². The number of aliphatic hydroxyl groups excluding tert-OH is 1. The lowest BCUT2D eigenvalue weighted by molar-refractivity contribution is -0.0199. The van der Waals surface area contributed by atoms with Crippen molar-refractivity contribution in [2.45, 2.75) is 6.04 Å². The van der Waals surface area contributed by atoms with Gasteiger partial charge in [-0.3, -0.25) is 4.79 Å². The minimum Gasteiger partial charge on any atom is -0.394 e. The monoisotopic (exact) mass is 297 g/mol. The lowest BCUT2D eigenvalue weighted by atomic mass is 10.2. The van der Waals surface area contributed by atoms with Gasteiger partial charge in [-0.05, 0) is 0 Å². The molecule has 2 aliphatic rings. The van der Waals surface area contributed by atoms with Gasteiger partial charge in [0.2, 0.25) is 5.76 Å². The van der Waals surface area contributed by atoms with E-state index < -0.39 is 0 Å². The van der Waals surface area contributed by atoms with Gasteiger partial charge in [-0.15, -0.1) is 0 Å². The largest absolute Gasteiger partial charge is 0.394 e. The van der Waals surface area contributed by atoms with Crippen LogP contribution in [0.1, 0.15) is 10.6 Å². The van der Waals surface area contributed by atoms with E-state index in [1.165, 1.54) is 0 Å². The zero-order valence-corrected chi connectivity index (χ0v) is 11.7. The van der Waals surface area contributed by atoms with Crippen LogP contribution in [0.2, 0.25) is 0 Å². The van der Waals surface area contributed by atoms with E-state index in [2.05, 4.69) is 5.16 Å². The molecule has 2 aliphatic heterocycles. The third-order valence-corrected chi connectivity index (χ3v) is 3.74. The Labute approximate surface area is 122 Å². The first-order valence-corrected chi connectivity index (χ1v) is 7.08. The van der Waals surface area contributed by atoms with Crippen molar-refractivity contribution in [2.24, 2.45) is 0 Å².